The summed E-state index contributed by atoms with van der Waals surface area (Å²) in [7, 11) is 3.21. The van der Waals surface area contributed by atoms with Crippen LogP contribution >= 0.6 is 12.4 Å². The van der Waals surface area contributed by atoms with Gasteiger partial charge < -0.3 is 20.5 Å². The summed E-state index contributed by atoms with van der Waals surface area (Å²) in [4.78, 5) is 11.9. The van der Waals surface area contributed by atoms with Crippen molar-refractivity contribution in [2.45, 2.75) is 45.2 Å². The molecule has 5 nitrogen and oxygen atoms in total. The van der Waals surface area contributed by atoms with E-state index >= 15 is 0 Å². The first-order valence-electron chi connectivity index (χ1n) is 7.28. The molecule has 0 aliphatic rings. The van der Waals surface area contributed by atoms with E-state index in [1.807, 2.05) is 32.0 Å². The Morgan fingerprint density at radius 2 is 1.91 bits per heavy atom. The van der Waals surface area contributed by atoms with Crippen molar-refractivity contribution in [3.63, 3.8) is 0 Å². The molecule has 1 aromatic carbocycles. The van der Waals surface area contributed by atoms with E-state index in [0.717, 1.165) is 12.0 Å². The maximum Gasteiger partial charge on any atom is 0.237 e. The van der Waals surface area contributed by atoms with Gasteiger partial charge in [0.1, 0.15) is 0 Å². The number of carbonyl (C=O) groups excluding carboxylic acids is 1. The lowest BCUT2D eigenvalue weighted by Gasteiger charge is -2.18. The van der Waals surface area contributed by atoms with Gasteiger partial charge in [-0.2, -0.15) is 0 Å². The third kappa shape index (κ3) is 6.12. The van der Waals surface area contributed by atoms with Crippen LogP contribution in [0.15, 0.2) is 18.2 Å². The van der Waals surface area contributed by atoms with E-state index in [1.165, 1.54) is 0 Å². The predicted octanol–water partition coefficient (Wildman–Crippen LogP) is 2.30. The average molecular weight is 331 g/mol. The number of nitrogens with two attached hydrogens (primary N) is 1. The monoisotopic (exact) mass is 330 g/mol. The van der Waals surface area contributed by atoms with Crippen LogP contribution in [0.2, 0.25) is 0 Å². The number of methoxy groups -OCH3 is 2. The lowest BCUT2D eigenvalue weighted by Crippen LogP contribution is -2.45. The summed E-state index contributed by atoms with van der Waals surface area (Å²) in [6.07, 6.45) is 2.32. The molecular formula is C16H27ClN2O3. The highest BCUT2D eigenvalue weighted by Gasteiger charge is 2.15. The number of hydrogen-bond acceptors (Lipinski definition) is 4. The van der Waals surface area contributed by atoms with Crippen molar-refractivity contribution in [1.29, 1.82) is 0 Å². The number of hydrogen-bond donors (Lipinski definition) is 2. The van der Waals surface area contributed by atoms with Crippen molar-refractivity contribution in [3.8, 4) is 11.5 Å². The third-order valence-corrected chi connectivity index (χ3v) is 3.31. The van der Waals surface area contributed by atoms with E-state index < -0.39 is 6.04 Å². The minimum absolute atomic E-state index is 0. The molecule has 2 atom stereocenters. The number of rotatable bonds is 8. The molecule has 0 radical (unpaired) electrons. The van der Waals surface area contributed by atoms with Gasteiger partial charge in [-0.05, 0) is 37.5 Å². The predicted molar refractivity (Wildman–Crippen MR) is 91.0 cm³/mol. The second-order valence-electron chi connectivity index (χ2n) is 5.20. The summed E-state index contributed by atoms with van der Waals surface area (Å²) in [6, 6.07) is 5.34. The van der Waals surface area contributed by atoms with Crippen LogP contribution in [-0.2, 0) is 11.2 Å². The largest absolute Gasteiger partial charge is 0.493 e. The number of benzene rings is 1. The molecule has 0 aliphatic carbocycles. The highest BCUT2D eigenvalue weighted by atomic mass is 35.5. The molecule has 0 saturated carbocycles. The summed E-state index contributed by atoms with van der Waals surface area (Å²) in [5.41, 5.74) is 6.88. The van der Waals surface area contributed by atoms with Crippen LogP contribution in [-0.4, -0.2) is 32.2 Å². The van der Waals surface area contributed by atoms with Crippen molar-refractivity contribution in [2.24, 2.45) is 5.73 Å². The van der Waals surface area contributed by atoms with E-state index in [4.69, 9.17) is 15.2 Å². The van der Waals surface area contributed by atoms with Gasteiger partial charge in [0.2, 0.25) is 5.91 Å². The molecule has 0 aliphatic heterocycles. The van der Waals surface area contributed by atoms with Crippen LogP contribution in [0, 0.1) is 0 Å². The van der Waals surface area contributed by atoms with Crippen LogP contribution in [0.3, 0.4) is 0 Å². The zero-order valence-electron chi connectivity index (χ0n) is 13.7. The summed E-state index contributed by atoms with van der Waals surface area (Å²) < 4.78 is 10.5. The van der Waals surface area contributed by atoms with Crippen LogP contribution in [0.1, 0.15) is 32.3 Å². The van der Waals surface area contributed by atoms with Crippen LogP contribution in [0.5, 0.6) is 11.5 Å². The minimum atomic E-state index is -0.428. The Morgan fingerprint density at radius 3 is 2.45 bits per heavy atom. The quantitative estimate of drug-likeness (QED) is 0.767. The molecule has 0 bridgehead atoms. The van der Waals surface area contributed by atoms with E-state index in [9.17, 15) is 4.79 Å². The van der Waals surface area contributed by atoms with Gasteiger partial charge >= 0.3 is 0 Å². The van der Waals surface area contributed by atoms with Crippen molar-refractivity contribution in [2.75, 3.05) is 14.2 Å². The van der Waals surface area contributed by atoms with Gasteiger partial charge in [0.05, 0.1) is 20.3 Å². The molecule has 6 heteroatoms. The average Bonchev–Trinajstić information content (AvgIpc) is 2.47. The first kappa shape index (κ1) is 20.5. The Kier molecular flexibility index (Phi) is 9.61. The van der Waals surface area contributed by atoms with Crippen molar-refractivity contribution in [1.82, 2.24) is 5.32 Å². The number of nitrogens with one attached hydrogen (secondary N) is 1. The Morgan fingerprint density at radius 1 is 1.27 bits per heavy atom. The minimum Gasteiger partial charge on any atom is -0.493 e. The van der Waals surface area contributed by atoms with Crippen molar-refractivity contribution < 1.29 is 14.3 Å². The maximum atomic E-state index is 11.9. The molecule has 0 aromatic heterocycles. The van der Waals surface area contributed by atoms with Crippen LogP contribution in [0.4, 0.5) is 0 Å². The van der Waals surface area contributed by atoms with Gasteiger partial charge in [-0.1, -0.05) is 19.4 Å². The van der Waals surface area contributed by atoms with Gasteiger partial charge in [-0.15, -0.1) is 12.4 Å². The first-order chi connectivity index (χ1) is 10.0. The van der Waals surface area contributed by atoms with Gasteiger partial charge in [0.25, 0.3) is 0 Å². The van der Waals surface area contributed by atoms with Gasteiger partial charge in [0.15, 0.2) is 11.5 Å². The van der Waals surface area contributed by atoms with Gasteiger partial charge in [0, 0.05) is 6.04 Å². The first-order valence-corrected chi connectivity index (χ1v) is 7.28. The Labute approximate surface area is 139 Å². The molecule has 1 rings (SSSR count). The van der Waals surface area contributed by atoms with E-state index in [-0.39, 0.29) is 24.4 Å². The zero-order valence-corrected chi connectivity index (χ0v) is 14.5. The number of ether oxygens (including phenoxy) is 2. The Balaban J connectivity index is 0.00000441. The molecular weight excluding hydrogens is 304 g/mol. The fraction of sp³-hybridized carbons (Fsp3) is 0.562. The van der Waals surface area contributed by atoms with Crippen molar-refractivity contribution >= 4 is 18.3 Å². The summed E-state index contributed by atoms with van der Waals surface area (Å²) >= 11 is 0. The molecule has 0 saturated heterocycles. The molecule has 0 heterocycles. The van der Waals surface area contributed by atoms with E-state index in [2.05, 4.69) is 5.32 Å². The Hall–Kier alpha value is -1.46. The fourth-order valence-electron chi connectivity index (χ4n) is 2.20. The second kappa shape index (κ2) is 10.3. The molecule has 22 heavy (non-hydrogen) atoms. The number of carbonyl (C=O) groups is 1. The molecule has 0 fully saturated rings. The summed E-state index contributed by atoms with van der Waals surface area (Å²) in [6.45, 7) is 3.98. The molecule has 3 N–H and O–H groups in total. The lowest BCUT2D eigenvalue weighted by molar-refractivity contribution is -0.123. The fourth-order valence-corrected chi connectivity index (χ4v) is 2.20. The second-order valence-corrected chi connectivity index (χ2v) is 5.20. The molecule has 0 spiro atoms. The van der Waals surface area contributed by atoms with Crippen LogP contribution < -0.4 is 20.5 Å². The maximum absolute atomic E-state index is 11.9. The molecule has 1 aromatic rings. The lowest BCUT2D eigenvalue weighted by atomic mass is 10.1. The van der Waals surface area contributed by atoms with E-state index in [0.29, 0.717) is 24.3 Å². The molecule has 2 unspecified atom stereocenters. The van der Waals surface area contributed by atoms with E-state index in [1.54, 1.807) is 14.2 Å². The number of halogens is 1. The molecule has 126 valence electrons. The number of amides is 1. The van der Waals surface area contributed by atoms with Gasteiger partial charge in [-0.25, -0.2) is 0 Å². The zero-order chi connectivity index (χ0) is 15.8. The van der Waals surface area contributed by atoms with Crippen molar-refractivity contribution in [3.05, 3.63) is 23.8 Å². The van der Waals surface area contributed by atoms with Gasteiger partial charge in [-0.3, -0.25) is 4.79 Å². The Bertz CT molecular complexity index is 469. The SMILES string of the molecule is CCCC(N)C(=O)NC(C)Cc1ccc(OC)c(OC)c1.Cl. The normalized spacial score (nSPS) is 12.8. The third-order valence-electron chi connectivity index (χ3n) is 3.31. The molecule has 1 amide bonds. The summed E-state index contributed by atoms with van der Waals surface area (Å²) in [5.74, 6) is 1.30. The standard InChI is InChI=1S/C16H26N2O3.ClH/c1-5-6-13(17)16(19)18-11(2)9-12-7-8-14(20-3)15(10-12)21-4;/h7-8,10-11,13H,5-6,9,17H2,1-4H3,(H,18,19);1H. The topological polar surface area (TPSA) is 73.6 Å². The highest BCUT2D eigenvalue weighted by molar-refractivity contribution is 5.85. The smallest absolute Gasteiger partial charge is 0.237 e. The van der Waals surface area contributed by atoms with Crippen LogP contribution in [0.25, 0.3) is 0 Å². The highest BCUT2D eigenvalue weighted by Crippen LogP contribution is 2.27. The summed E-state index contributed by atoms with van der Waals surface area (Å²) in [5, 5.41) is 2.94.